The van der Waals surface area contributed by atoms with Gasteiger partial charge >= 0.3 is 0 Å². The van der Waals surface area contributed by atoms with E-state index in [0.29, 0.717) is 39.7 Å². The van der Waals surface area contributed by atoms with Gasteiger partial charge in [-0.1, -0.05) is 12.5 Å². The maximum absolute atomic E-state index is 13.9. The van der Waals surface area contributed by atoms with Crippen molar-refractivity contribution in [3.8, 4) is 23.0 Å². The van der Waals surface area contributed by atoms with Crippen LogP contribution in [-0.2, 0) is 22.7 Å². The maximum Gasteiger partial charge on any atom is 0.247 e. The lowest BCUT2D eigenvalue weighted by atomic mass is 9.76. The fraction of sp³-hybridized carbons (Fsp3) is 0.467. The largest absolute Gasteiger partial charge is 0.493 e. The van der Waals surface area contributed by atoms with E-state index < -0.39 is 30.1 Å². The van der Waals surface area contributed by atoms with Crippen molar-refractivity contribution in [1.82, 2.24) is 10.2 Å². The van der Waals surface area contributed by atoms with Crippen molar-refractivity contribution in [3.63, 3.8) is 0 Å². The summed E-state index contributed by atoms with van der Waals surface area (Å²) in [6.07, 6.45) is 2.07. The van der Waals surface area contributed by atoms with E-state index in [1.54, 1.807) is 29.2 Å². The first-order valence-electron chi connectivity index (χ1n) is 13.9. The quantitative estimate of drug-likeness (QED) is 0.353. The third kappa shape index (κ3) is 4.87. The number of aliphatic hydroxyl groups excluding tert-OH is 3. The van der Waals surface area contributed by atoms with Gasteiger partial charge in [-0.15, -0.1) is 0 Å². The summed E-state index contributed by atoms with van der Waals surface area (Å²) in [4.78, 5) is 29.0. The Hall–Kier alpha value is -3.80. The molecule has 2 amide bonds. The van der Waals surface area contributed by atoms with Gasteiger partial charge in [0.25, 0.3) is 0 Å². The summed E-state index contributed by atoms with van der Waals surface area (Å²) in [5.41, 5.74) is 2.28. The Bertz CT molecular complexity index is 1370. The monoisotopic (exact) mass is 566 g/mol. The molecule has 11 heteroatoms. The molecule has 2 aromatic rings. The van der Waals surface area contributed by atoms with E-state index in [1.165, 1.54) is 7.11 Å². The van der Waals surface area contributed by atoms with Crippen LogP contribution in [0.3, 0.4) is 0 Å². The Morgan fingerprint density at radius 1 is 1.10 bits per heavy atom. The van der Waals surface area contributed by atoms with Crippen molar-refractivity contribution >= 4 is 11.8 Å². The summed E-state index contributed by atoms with van der Waals surface area (Å²) in [6.45, 7) is -0.150. The van der Waals surface area contributed by atoms with Crippen molar-refractivity contribution in [2.75, 3.05) is 27.1 Å². The number of fused-ring (bicyclic) bond motifs is 4. The van der Waals surface area contributed by atoms with Crippen LogP contribution in [0, 0.1) is 5.92 Å². The fourth-order valence-electron chi connectivity index (χ4n) is 6.07. The maximum atomic E-state index is 13.9. The van der Waals surface area contributed by atoms with Gasteiger partial charge in [-0.05, 0) is 54.3 Å². The van der Waals surface area contributed by atoms with E-state index in [0.717, 1.165) is 24.8 Å². The summed E-state index contributed by atoms with van der Waals surface area (Å²) < 4.78 is 22.8. The molecule has 41 heavy (non-hydrogen) atoms. The summed E-state index contributed by atoms with van der Waals surface area (Å²) in [7, 11) is 1.48. The van der Waals surface area contributed by atoms with Gasteiger partial charge in [0.2, 0.25) is 18.6 Å². The standard InChI is InChI=1S/C30H34N2O9/c1-38-24-11-17(14-34)9-19-25-20(29(36)31-7-8-33)12-21(26(35)28(25)41-27(19)24)32(30(37)18-3-2-4-18)13-16-5-6-22-23(10-16)40-15-39-22/h5-6,9-12,18,21,25-26,28,33-35H,2-4,7-8,13-15H2,1H3,(H,31,36)/t21-,25+,26+,28+/m1/s1. The Morgan fingerprint density at radius 2 is 1.90 bits per heavy atom. The highest BCUT2D eigenvalue weighted by molar-refractivity contribution is 5.96. The molecule has 0 radical (unpaired) electrons. The fourth-order valence-corrected chi connectivity index (χ4v) is 6.07. The molecule has 2 heterocycles. The number of rotatable bonds is 9. The Balaban J connectivity index is 1.42. The van der Waals surface area contributed by atoms with Crippen LogP contribution in [0.25, 0.3) is 0 Å². The molecule has 0 spiro atoms. The number of nitrogens with zero attached hydrogens (tertiary/aromatic N) is 1. The lowest BCUT2D eigenvalue weighted by Gasteiger charge is -2.42. The molecule has 2 aliphatic carbocycles. The second kappa shape index (κ2) is 11.2. The first-order valence-corrected chi connectivity index (χ1v) is 13.9. The molecule has 1 saturated carbocycles. The third-order valence-electron chi connectivity index (χ3n) is 8.38. The van der Waals surface area contributed by atoms with Gasteiger partial charge in [0.05, 0.1) is 32.3 Å². The molecular formula is C30H34N2O9. The van der Waals surface area contributed by atoms with Crippen molar-refractivity contribution in [2.45, 2.75) is 56.6 Å². The lowest BCUT2D eigenvalue weighted by Crippen LogP contribution is -2.56. The van der Waals surface area contributed by atoms with Gasteiger partial charge in [0.15, 0.2) is 23.0 Å². The highest BCUT2D eigenvalue weighted by atomic mass is 16.7. The van der Waals surface area contributed by atoms with E-state index in [1.807, 2.05) is 12.1 Å². The molecule has 1 fully saturated rings. The predicted molar refractivity (Wildman–Crippen MR) is 145 cm³/mol. The molecule has 2 aliphatic heterocycles. The molecule has 0 unspecified atom stereocenters. The highest BCUT2D eigenvalue weighted by Crippen LogP contribution is 2.51. The van der Waals surface area contributed by atoms with Crippen LogP contribution in [0.15, 0.2) is 42.0 Å². The van der Waals surface area contributed by atoms with E-state index in [2.05, 4.69) is 5.32 Å². The smallest absolute Gasteiger partial charge is 0.247 e. The molecule has 0 saturated heterocycles. The van der Waals surface area contributed by atoms with Gasteiger partial charge in [0.1, 0.15) is 12.2 Å². The zero-order valence-corrected chi connectivity index (χ0v) is 22.7. The number of aliphatic hydroxyl groups is 3. The Labute approximate surface area is 237 Å². The Kier molecular flexibility index (Phi) is 7.50. The van der Waals surface area contributed by atoms with Gasteiger partial charge in [-0.3, -0.25) is 9.59 Å². The second-order valence-electron chi connectivity index (χ2n) is 10.8. The number of amides is 2. The summed E-state index contributed by atoms with van der Waals surface area (Å²) in [5.74, 6) is 0.597. The van der Waals surface area contributed by atoms with Crippen LogP contribution in [0.4, 0.5) is 0 Å². The lowest BCUT2D eigenvalue weighted by molar-refractivity contribution is -0.145. The molecule has 11 nitrogen and oxygen atoms in total. The number of nitrogens with one attached hydrogen (secondary N) is 1. The number of methoxy groups -OCH3 is 1. The average Bonchev–Trinajstić information content (AvgIpc) is 3.58. The van der Waals surface area contributed by atoms with Gasteiger partial charge in [-0.25, -0.2) is 0 Å². The van der Waals surface area contributed by atoms with E-state index in [9.17, 15) is 24.9 Å². The number of hydrogen-bond donors (Lipinski definition) is 4. The number of hydrogen-bond acceptors (Lipinski definition) is 9. The van der Waals surface area contributed by atoms with Crippen molar-refractivity contribution in [2.24, 2.45) is 5.92 Å². The zero-order valence-electron chi connectivity index (χ0n) is 22.7. The molecule has 0 bridgehead atoms. The van der Waals surface area contributed by atoms with Crippen molar-refractivity contribution in [3.05, 3.63) is 58.7 Å². The zero-order chi connectivity index (χ0) is 28.7. The van der Waals surface area contributed by atoms with Gasteiger partial charge < -0.3 is 44.5 Å². The molecule has 4 N–H and O–H groups in total. The summed E-state index contributed by atoms with van der Waals surface area (Å²) in [6, 6.07) is 8.00. The molecule has 6 rings (SSSR count). The molecule has 4 aliphatic rings. The van der Waals surface area contributed by atoms with Crippen LogP contribution in [0.1, 0.15) is 41.9 Å². The Morgan fingerprint density at radius 3 is 2.61 bits per heavy atom. The highest BCUT2D eigenvalue weighted by Gasteiger charge is 2.52. The van der Waals surface area contributed by atoms with E-state index in [4.69, 9.17) is 18.9 Å². The van der Waals surface area contributed by atoms with Crippen LogP contribution in [-0.4, -0.2) is 77.3 Å². The molecule has 218 valence electrons. The summed E-state index contributed by atoms with van der Waals surface area (Å²) >= 11 is 0. The van der Waals surface area contributed by atoms with E-state index in [-0.39, 0.29) is 44.9 Å². The molecule has 4 atom stereocenters. The minimum atomic E-state index is -1.18. The minimum Gasteiger partial charge on any atom is -0.493 e. The van der Waals surface area contributed by atoms with Gasteiger partial charge in [-0.2, -0.15) is 0 Å². The van der Waals surface area contributed by atoms with Gasteiger partial charge in [0, 0.05) is 30.1 Å². The first kappa shape index (κ1) is 27.4. The van der Waals surface area contributed by atoms with Crippen LogP contribution in [0.2, 0.25) is 0 Å². The van der Waals surface area contributed by atoms with E-state index >= 15 is 0 Å². The normalized spacial score (nSPS) is 24.0. The van der Waals surface area contributed by atoms with Crippen LogP contribution >= 0.6 is 0 Å². The van der Waals surface area contributed by atoms with Crippen molar-refractivity contribution < 1.29 is 43.9 Å². The number of ether oxygens (including phenoxy) is 4. The summed E-state index contributed by atoms with van der Waals surface area (Å²) in [5, 5.41) is 33.8. The molecule has 0 aromatic heterocycles. The molecule has 2 aromatic carbocycles. The minimum absolute atomic E-state index is 0.0381. The second-order valence-corrected chi connectivity index (χ2v) is 10.8. The third-order valence-corrected chi connectivity index (χ3v) is 8.38. The van der Waals surface area contributed by atoms with Crippen LogP contribution < -0.4 is 24.3 Å². The number of benzene rings is 2. The number of carbonyl (C=O) groups is 2. The molecular weight excluding hydrogens is 532 g/mol. The van der Waals surface area contributed by atoms with Crippen LogP contribution in [0.5, 0.6) is 23.0 Å². The predicted octanol–water partition coefficient (Wildman–Crippen LogP) is 1.37. The number of carbonyl (C=O) groups excluding carboxylic acids is 2. The topological polar surface area (TPSA) is 147 Å². The average molecular weight is 567 g/mol. The first-order chi connectivity index (χ1) is 19.9. The van der Waals surface area contributed by atoms with Crippen molar-refractivity contribution in [1.29, 1.82) is 0 Å². The SMILES string of the molecule is COc1cc(CO)cc2c1O[C@@H]1[C@@H](O)[C@H](N(Cc3ccc4c(c3)OCO4)C(=O)C3CCC3)C=C(C(=O)NCCO)[C@H]21.